The van der Waals surface area contributed by atoms with E-state index in [2.05, 4.69) is 17.0 Å². The molecule has 1 amide bonds. The van der Waals surface area contributed by atoms with Crippen molar-refractivity contribution in [3.05, 3.63) is 58.7 Å². The Kier molecular flexibility index (Phi) is 7.00. The van der Waals surface area contributed by atoms with E-state index in [4.69, 9.17) is 5.73 Å². The first-order valence-electron chi connectivity index (χ1n) is 14.5. The van der Waals surface area contributed by atoms with E-state index in [0.717, 1.165) is 30.8 Å². The van der Waals surface area contributed by atoms with Crippen LogP contribution in [-0.4, -0.2) is 92.6 Å². The fourth-order valence-electron chi connectivity index (χ4n) is 7.86. The molecule has 3 unspecified atom stereocenters. The number of rotatable bonds is 5. The highest BCUT2D eigenvalue weighted by Crippen LogP contribution is 2.53. The Labute approximate surface area is 244 Å². The van der Waals surface area contributed by atoms with Crippen LogP contribution in [0.25, 0.3) is 16.9 Å². The first-order chi connectivity index (χ1) is 19.9. The van der Waals surface area contributed by atoms with E-state index in [0.29, 0.717) is 5.56 Å². The molecule has 4 aliphatic rings. The van der Waals surface area contributed by atoms with Gasteiger partial charge in [-0.3, -0.25) is 19.3 Å². The predicted octanol–water partition coefficient (Wildman–Crippen LogP) is 1.39. The van der Waals surface area contributed by atoms with E-state index in [-0.39, 0.29) is 29.7 Å². The lowest BCUT2D eigenvalue weighted by Gasteiger charge is -2.53. The number of amides is 1. The van der Waals surface area contributed by atoms with Crippen LogP contribution >= 0.6 is 0 Å². The number of ketones is 2. The molecule has 1 heterocycles. The standard InChI is InChI=1S/C32H37N3O7/c1-34(2)26-21-14-18-13-20-19(17-7-5-16(6-8-17)15-35-11-3-4-12-35)9-10-22(36)24(20)27(37)23(18)29(39)32(21,42)30(40)25(28(26)38)31(33)41/h5-10,18,21,25-26,28,36-38,42H,3-4,11-15H2,1-2H3,(H2,33,41)/t18-,21-,25?,26?,28?,32-/m1/s1. The Bertz CT molecular complexity index is 1490. The van der Waals surface area contributed by atoms with Crippen molar-refractivity contribution >= 4 is 23.2 Å². The number of nitrogens with zero attached hydrogens (tertiary/aromatic N) is 2. The lowest BCUT2D eigenvalue weighted by Crippen LogP contribution is -2.73. The van der Waals surface area contributed by atoms with Crippen LogP contribution in [0, 0.1) is 17.8 Å². The van der Waals surface area contributed by atoms with Crippen molar-refractivity contribution in [2.24, 2.45) is 23.5 Å². The van der Waals surface area contributed by atoms with Crippen molar-refractivity contribution in [3.8, 4) is 16.9 Å². The maximum absolute atomic E-state index is 14.0. The number of hydrogen-bond donors (Lipinski definition) is 5. The summed E-state index contributed by atoms with van der Waals surface area (Å²) in [5.41, 5.74) is 6.26. The second-order valence-electron chi connectivity index (χ2n) is 12.5. The summed E-state index contributed by atoms with van der Waals surface area (Å²) in [5.74, 6) is -7.46. The second-order valence-corrected chi connectivity index (χ2v) is 12.5. The number of phenols is 1. The van der Waals surface area contributed by atoms with Crippen LogP contribution < -0.4 is 5.73 Å². The predicted molar refractivity (Wildman–Crippen MR) is 154 cm³/mol. The van der Waals surface area contributed by atoms with Gasteiger partial charge in [0.25, 0.3) is 0 Å². The van der Waals surface area contributed by atoms with Gasteiger partial charge >= 0.3 is 0 Å². The Balaban J connectivity index is 1.42. The van der Waals surface area contributed by atoms with Crippen molar-refractivity contribution in [3.63, 3.8) is 0 Å². The van der Waals surface area contributed by atoms with Crippen molar-refractivity contribution in [2.75, 3.05) is 27.2 Å². The summed E-state index contributed by atoms with van der Waals surface area (Å²) < 4.78 is 0. The molecule has 0 aromatic heterocycles. The molecule has 0 radical (unpaired) electrons. The van der Waals surface area contributed by atoms with Crippen LogP contribution in [0.2, 0.25) is 0 Å². The number of Topliss-reactive ketones (excluding diaryl/α,β-unsaturated/α-hetero) is 2. The number of phenolic OH excluding ortho intramolecular Hbond substituents is 1. The van der Waals surface area contributed by atoms with Crippen LogP contribution in [-0.2, 0) is 27.3 Å². The largest absolute Gasteiger partial charge is 0.507 e. The molecule has 10 nitrogen and oxygen atoms in total. The number of nitrogens with two attached hydrogens (primary N) is 1. The molecule has 2 saturated carbocycles. The van der Waals surface area contributed by atoms with Gasteiger partial charge in [0.1, 0.15) is 17.4 Å². The highest BCUT2D eigenvalue weighted by Gasteiger charge is 2.67. The number of carbonyl (C=O) groups excluding carboxylic acids is 3. The molecule has 10 heteroatoms. The quantitative estimate of drug-likeness (QED) is 0.331. The molecule has 6 atom stereocenters. The number of aliphatic hydroxyl groups is 3. The zero-order valence-corrected chi connectivity index (χ0v) is 23.8. The minimum atomic E-state index is -2.66. The van der Waals surface area contributed by atoms with Gasteiger partial charge in [-0.15, -0.1) is 0 Å². The number of benzene rings is 2. The van der Waals surface area contributed by atoms with Crippen molar-refractivity contribution in [2.45, 2.75) is 50.0 Å². The molecule has 1 saturated heterocycles. The monoisotopic (exact) mass is 575 g/mol. The second kappa shape index (κ2) is 10.3. The van der Waals surface area contributed by atoms with Crippen molar-refractivity contribution < 1.29 is 34.8 Å². The summed E-state index contributed by atoms with van der Waals surface area (Å²) in [4.78, 5) is 43.7. The molecule has 1 aliphatic heterocycles. The first-order valence-corrected chi connectivity index (χ1v) is 14.5. The molecular weight excluding hydrogens is 538 g/mol. The van der Waals surface area contributed by atoms with Gasteiger partial charge in [-0.2, -0.15) is 0 Å². The summed E-state index contributed by atoms with van der Waals surface area (Å²) in [5, 5.41) is 45.2. The smallest absolute Gasteiger partial charge is 0.230 e. The zero-order chi connectivity index (χ0) is 30.1. The van der Waals surface area contributed by atoms with Gasteiger partial charge in [0, 0.05) is 24.1 Å². The van der Waals surface area contributed by atoms with Crippen LogP contribution in [0.15, 0.2) is 42.0 Å². The highest BCUT2D eigenvalue weighted by atomic mass is 16.3. The first kappa shape index (κ1) is 28.5. The van der Waals surface area contributed by atoms with Crippen molar-refractivity contribution in [1.29, 1.82) is 0 Å². The van der Waals surface area contributed by atoms with Crippen LogP contribution in [0.3, 0.4) is 0 Å². The fraction of sp³-hybridized carbons (Fsp3) is 0.469. The van der Waals surface area contributed by atoms with Gasteiger partial charge in [0.05, 0.1) is 11.7 Å². The zero-order valence-electron chi connectivity index (χ0n) is 23.8. The summed E-state index contributed by atoms with van der Waals surface area (Å²) in [6.07, 6.45) is 1.26. The van der Waals surface area contributed by atoms with Crippen LogP contribution in [0.5, 0.6) is 5.75 Å². The van der Waals surface area contributed by atoms with E-state index in [9.17, 15) is 34.8 Å². The van der Waals surface area contributed by atoms with Gasteiger partial charge in [-0.05, 0) is 87.1 Å². The Morgan fingerprint density at radius 2 is 1.74 bits per heavy atom. The van der Waals surface area contributed by atoms with Gasteiger partial charge in [0.15, 0.2) is 11.4 Å². The van der Waals surface area contributed by atoms with Gasteiger partial charge in [0.2, 0.25) is 11.7 Å². The minimum Gasteiger partial charge on any atom is -0.507 e. The number of aliphatic hydroxyl groups excluding tert-OH is 2. The lowest BCUT2D eigenvalue weighted by molar-refractivity contribution is -0.184. The molecule has 2 aromatic rings. The van der Waals surface area contributed by atoms with E-state index < -0.39 is 58.7 Å². The van der Waals surface area contributed by atoms with Crippen LogP contribution in [0.1, 0.15) is 36.0 Å². The number of primary amides is 1. The maximum atomic E-state index is 14.0. The third-order valence-corrected chi connectivity index (χ3v) is 9.84. The third-order valence-electron chi connectivity index (χ3n) is 9.84. The van der Waals surface area contributed by atoms with Crippen molar-refractivity contribution in [1.82, 2.24) is 9.80 Å². The topological polar surface area (TPSA) is 165 Å². The van der Waals surface area contributed by atoms with Crippen LogP contribution in [0.4, 0.5) is 0 Å². The lowest BCUT2D eigenvalue weighted by atomic mass is 9.54. The number of fused-ring (bicyclic) bond motifs is 3. The average molecular weight is 576 g/mol. The van der Waals surface area contributed by atoms with E-state index in [1.165, 1.54) is 24.5 Å². The average Bonchev–Trinajstić information content (AvgIpc) is 3.44. The summed E-state index contributed by atoms with van der Waals surface area (Å²) >= 11 is 0. The Morgan fingerprint density at radius 3 is 2.36 bits per heavy atom. The molecule has 222 valence electrons. The fourth-order valence-corrected chi connectivity index (χ4v) is 7.86. The summed E-state index contributed by atoms with van der Waals surface area (Å²) in [6, 6.07) is 10.5. The van der Waals surface area contributed by atoms with Gasteiger partial charge < -0.3 is 31.1 Å². The SMILES string of the molecule is CN(C)C1C(O)C(C(N)=O)C(=O)[C@]2(O)C(=O)C3=C(O)c4c(O)ccc(-c5ccc(CN6CCCC6)cc5)c4C[C@@H]3C[C@H]12. The molecule has 6 N–H and O–H groups in total. The third kappa shape index (κ3) is 4.19. The molecule has 3 fully saturated rings. The molecule has 2 aromatic carbocycles. The number of carbonyl (C=O) groups is 3. The normalized spacial score (nSPS) is 31.2. The number of likely N-dealkylation sites (tertiary alicyclic amines) is 1. The molecule has 3 aliphatic carbocycles. The minimum absolute atomic E-state index is 0.0854. The Morgan fingerprint density at radius 1 is 1.07 bits per heavy atom. The summed E-state index contributed by atoms with van der Waals surface area (Å²) in [6.45, 7) is 3.07. The van der Waals surface area contributed by atoms with Gasteiger partial charge in [-0.25, -0.2) is 0 Å². The van der Waals surface area contributed by atoms with Gasteiger partial charge in [-0.1, -0.05) is 30.3 Å². The molecule has 6 rings (SSSR count). The number of likely N-dealkylation sites (N-methyl/N-ethyl adjacent to an activating group) is 1. The maximum Gasteiger partial charge on any atom is 0.230 e. The van der Waals surface area contributed by atoms with E-state index >= 15 is 0 Å². The highest BCUT2D eigenvalue weighted by molar-refractivity contribution is 6.25. The number of hydrogen-bond acceptors (Lipinski definition) is 9. The number of aromatic hydroxyl groups is 1. The Hall–Kier alpha value is -3.57. The molecule has 0 spiro atoms. The van der Waals surface area contributed by atoms with E-state index in [1.54, 1.807) is 25.1 Å². The molecule has 42 heavy (non-hydrogen) atoms. The molecule has 0 bridgehead atoms. The summed E-state index contributed by atoms with van der Waals surface area (Å²) in [7, 11) is 3.27. The van der Waals surface area contributed by atoms with E-state index in [1.807, 2.05) is 12.1 Å². The molecular formula is C32H37N3O7.